The summed E-state index contributed by atoms with van der Waals surface area (Å²) >= 11 is 0. The van der Waals surface area contributed by atoms with Crippen LogP contribution in [0.2, 0.25) is 0 Å². The van der Waals surface area contributed by atoms with Crippen LogP contribution >= 0.6 is 0 Å². The predicted molar refractivity (Wildman–Crippen MR) is 128 cm³/mol. The number of amides is 1. The summed E-state index contributed by atoms with van der Waals surface area (Å²) < 4.78 is 1.74. The molecule has 4 aromatic rings. The summed E-state index contributed by atoms with van der Waals surface area (Å²) in [4.78, 5) is 31.1. The van der Waals surface area contributed by atoms with Gasteiger partial charge in [-0.1, -0.05) is 0 Å². The van der Waals surface area contributed by atoms with Crippen LogP contribution in [0.1, 0.15) is 16.8 Å². The first-order chi connectivity index (χ1) is 16.0. The van der Waals surface area contributed by atoms with Crippen molar-refractivity contribution < 1.29 is 4.79 Å². The van der Waals surface area contributed by atoms with E-state index in [9.17, 15) is 4.79 Å². The number of fused-ring (bicyclic) bond motifs is 1. The van der Waals surface area contributed by atoms with E-state index in [1.54, 1.807) is 35.4 Å². The van der Waals surface area contributed by atoms with Crippen LogP contribution in [-0.2, 0) is 7.05 Å². The van der Waals surface area contributed by atoms with Crippen molar-refractivity contribution >= 4 is 28.4 Å². The van der Waals surface area contributed by atoms with Crippen LogP contribution in [0.15, 0.2) is 55.1 Å². The van der Waals surface area contributed by atoms with Gasteiger partial charge in [0.2, 0.25) is 0 Å². The van der Waals surface area contributed by atoms with Crippen LogP contribution in [0.3, 0.4) is 0 Å². The first kappa shape index (κ1) is 21.0. The summed E-state index contributed by atoms with van der Waals surface area (Å²) in [6.07, 6.45) is 8.18. The SMILES string of the molecule is CN1CCCN(c2cc(C(=O)Nc3cc4nc(-c5cnn(C)c5)ccc4cn3)ccn2)CC1. The number of carbonyl (C=O) groups excluding carboxylic acids is 1. The third-order valence-corrected chi connectivity index (χ3v) is 5.87. The number of likely N-dealkylation sites (N-methyl/N-ethyl adjacent to an activating group) is 1. The molecular weight excluding hydrogens is 416 g/mol. The summed E-state index contributed by atoms with van der Waals surface area (Å²) in [6.45, 7) is 3.87. The highest BCUT2D eigenvalue weighted by Gasteiger charge is 2.16. The lowest BCUT2D eigenvalue weighted by Gasteiger charge is -2.21. The molecule has 0 spiro atoms. The molecule has 0 aliphatic carbocycles. The van der Waals surface area contributed by atoms with Gasteiger partial charge in [-0.2, -0.15) is 5.10 Å². The van der Waals surface area contributed by atoms with Gasteiger partial charge in [0.15, 0.2) is 0 Å². The molecule has 1 N–H and O–H groups in total. The molecule has 0 aromatic carbocycles. The number of nitrogens with one attached hydrogen (secondary N) is 1. The van der Waals surface area contributed by atoms with Gasteiger partial charge in [-0.15, -0.1) is 0 Å². The number of rotatable bonds is 4. The highest BCUT2D eigenvalue weighted by atomic mass is 16.1. The maximum atomic E-state index is 13.0. The maximum absolute atomic E-state index is 13.0. The van der Waals surface area contributed by atoms with Gasteiger partial charge in [-0.3, -0.25) is 9.48 Å². The van der Waals surface area contributed by atoms with E-state index in [2.05, 4.69) is 37.2 Å². The van der Waals surface area contributed by atoms with Crippen molar-refractivity contribution in [3.8, 4) is 11.3 Å². The minimum absolute atomic E-state index is 0.221. The Morgan fingerprint density at radius 1 is 1.00 bits per heavy atom. The van der Waals surface area contributed by atoms with E-state index in [-0.39, 0.29) is 5.91 Å². The molecule has 9 nitrogen and oxygen atoms in total. The van der Waals surface area contributed by atoms with E-state index in [1.807, 2.05) is 31.4 Å². The van der Waals surface area contributed by atoms with Crippen LogP contribution in [0, 0.1) is 0 Å². The number of aromatic nitrogens is 5. The molecule has 4 aromatic heterocycles. The number of anilines is 2. The number of hydrogen-bond donors (Lipinski definition) is 1. The lowest BCUT2D eigenvalue weighted by atomic mass is 10.2. The molecule has 1 aliphatic rings. The van der Waals surface area contributed by atoms with Crippen LogP contribution < -0.4 is 10.2 Å². The van der Waals surface area contributed by atoms with Gasteiger partial charge in [0.1, 0.15) is 11.6 Å². The fourth-order valence-corrected chi connectivity index (χ4v) is 4.00. The molecule has 1 saturated heterocycles. The molecule has 9 heteroatoms. The molecule has 1 amide bonds. The van der Waals surface area contributed by atoms with Crippen molar-refractivity contribution in [3.05, 3.63) is 60.7 Å². The van der Waals surface area contributed by atoms with E-state index in [1.165, 1.54) is 0 Å². The molecule has 33 heavy (non-hydrogen) atoms. The second-order valence-electron chi connectivity index (χ2n) is 8.36. The van der Waals surface area contributed by atoms with Crippen LogP contribution in [0.25, 0.3) is 22.2 Å². The summed E-state index contributed by atoms with van der Waals surface area (Å²) in [5.41, 5.74) is 3.06. The Kier molecular flexibility index (Phi) is 5.70. The second-order valence-corrected chi connectivity index (χ2v) is 8.36. The minimum atomic E-state index is -0.221. The summed E-state index contributed by atoms with van der Waals surface area (Å²) in [5.74, 6) is 1.06. The molecule has 0 unspecified atom stereocenters. The zero-order valence-corrected chi connectivity index (χ0v) is 18.8. The highest BCUT2D eigenvalue weighted by molar-refractivity contribution is 6.04. The van der Waals surface area contributed by atoms with Gasteiger partial charge < -0.3 is 15.1 Å². The normalized spacial score (nSPS) is 14.9. The van der Waals surface area contributed by atoms with E-state index < -0.39 is 0 Å². The Hall–Kier alpha value is -3.85. The van der Waals surface area contributed by atoms with E-state index in [4.69, 9.17) is 4.98 Å². The Morgan fingerprint density at radius 2 is 1.91 bits per heavy atom. The number of pyridine rings is 3. The van der Waals surface area contributed by atoms with Gasteiger partial charge in [0.25, 0.3) is 5.91 Å². The minimum Gasteiger partial charge on any atom is -0.355 e. The van der Waals surface area contributed by atoms with Crippen LogP contribution in [0.5, 0.6) is 0 Å². The molecular formula is C24H26N8O. The summed E-state index contributed by atoms with van der Waals surface area (Å²) in [7, 11) is 4.00. The lowest BCUT2D eigenvalue weighted by Crippen LogP contribution is -2.29. The summed E-state index contributed by atoms with van der Waals surface area (Å²) in [6, 6.07) is 9.28. The van der Waals surface area contributed by atoms with Crippen molar-refractivity contribution in [2.24, 2.45) is 7.05 Å². The van der Waals surface area contributed by atoms with Crippen molar-refractivity contribution in [2.45, 2.75) is 6.42 Å². The molecule has 5 rings (SSSR count). The zero-order valence-electron chi connectivity index (χ0n) is 18.8. The van der Waals surface area contributed by atoms with Crippen molar-refractivity contribution in [1.82, 2.24) is 29.6 Å². The van der Waals surface area contributed by atoms with Crippen LogP contribution in [0.4, 0.5) is 11.6 Å². The average Bonchev–Trinajstić information content (AvgIpc) is 3.15. The third-order valence-electron chi connectivity index (χ3n) is 5.87. The molecule has 168 valence electrons. The molecule has 1 aliphatic heterocycles. The Balaban J connectivity index is 1.35. The lowest BCUT2D eigenvalue weighted by molar-refractivity contribution is 0.102. The van der Waals surface area contributed by atoms with Gasteiger partial charge in [-0.25, -0.2) is 15.0 Å². The summed E-state index contributed by atoms with van der Waals surface area (Å²) in [5, 5.41) is 8.01. The smallest absolute Gasteiger partial charge is 0.257 e. The van der Waals surface area contributed by atoms with Gasteiger partial charge in [0.05, 0.1) is 17.4 Å². The maximum Gasteiger partial charge on any atom is 0.257 e. The highest BCUT2D eigenvalue weighted by Crippen LogP contribution is 2.22. The second kappa shape index (κ2) is 8.95. The molecule has 0 radical (unpaired) electrons. The average molecular weight is 443 g/mol. The van der Waals surface area contributed by atoms with Crippen LogP contribution in [-0.4, -0.2) is 68.8 Å². The molecule has 5 heterocycles. The van der Waals surface area contributed by atoms with Crippen molar-refractivity contribution in [2.75, 3.05) is 43.4 Å². The van der Waals surface area contributed by atoms with E-state index in [0.717, 1.165) is 60.6 Å². The number of nitrogens with zero attached hydrogens (tertiary/aromatic N) is 7. The largest absolute Gasteiger partial charge is 0.355 e. The standard InChI is InChI=1S/C24H26N8O/c1-30-8-3-9-32(11-10-30)23-12-17(6-7-25-23)24(33)29-22-13-21-18(14-26-22)4-5-20(28-21)19-15-27-31(2)16-19/h4-7,12-16H,3,8-11H2,1-2H3,(H,26,29,33). The first-order valence-electron chi connectivity index (χ1n) is 11.0. The van der Waals surface area contributed by atoms with Crippen molar-refractivity contribution in [1.29, 1.82) is 0 Å². The first-order valence-corrected chi connectivity index (χ1v) is 11.0. The Bertz CT molecular complexity index is 1300. The van der Waals surface area contributed by atoms with Gasteiger partial charge in [0, 0.05) is 67.9 Å². The monoisotopic (exact) mass is 442 g/mol. The zero-order chi connectivity index (χ0) is 22.8. The Morgan fingerprint density at radius 3 is 2.76 bits per heavy atom. The fraction of sp³-hybridized carbons (Fsp3) is 0.292. The molecule has 0 saturated carbocycles. The van der Waals surface area contributed by atoms with Gasteiger partial charge >= 0.3 is 0 Å². The number of hydrogen-bond acceptors (Lipinski definition) is 7. The van der Waals surface area contributed by atoms with Gasteiger partial charge in [-0.05, 0) is 44.3 Å². The molecule has 0 atom stereocenters. The number of aryl methyl sites for hydroxylation is 1. The quantitative estimate of drug-likeness (QED) is 0.520. The fourth-order valence-electron chi connectivity index (χ4n) is 4.00. The Labute approximate surface area is 192 Å². The molecule has 0 bridgehead atoms. The van der Waals surface area contributed by atoms with E-state index in [0.29, 0.717) is 11.4 Å². The number of carbonyl (C=O) groups is 1. The van der Waals surface area contributed by atoms with E-state index >= 15 is 0 Å². The topological polar surface area (TPSA) is 92.1 Å². The third kappa shape index (κ3) is 4.68. The van der Waals surface area contributed by atoms with Crippen molar-refractivity contribution in [3.63, 3.8) is 0 Å². The molecule has 1 fully saturated rings. The predicted octanol–water partition coefficient (Wildman–Crippen LogP) is 2.82.